The van der Waals surface area contributed by atoms with Crippen molar-refractivity contribution in [1.82, 2.24) is 20.9 Å². The average molecular weight is 642 g/mol. The second kappa shape index (κ2) is 13.4. The van der Waals surface area contributed by atoms with Crippen LogP contribution in [-0.2, 0) is 28.7 Å². The first-order valence-electron chi connectivity index (χ1n) is 17.2. The van der Waals surface area contributed by atoms with Gasteiger partial charge in [0.05, 0.1) is 11.8 Å². The van der Waals surface area contributed by atoms with Crippen LogP contribution >= 0.6 is 0 Å². The van der Waals surface area contributed by atoms with Gasteiger partial charge in [-0.2, -0.15) is 0 Å². The predicted molar refractivity (Wildman–Crippen MR) is 168 cm³/mol. The highest BCUT2D eigenvalue weighted by Gasteiger charge is 2.70. The van der Waals surface area contributed by atoms with Gasteiger partial charge in [-0.25, -0.2) is 9.59 Å². The summed E-state index contributed by atoms with van der Waals surface area (Å²) in [5, 5.41) is 8.63. The molecule has 0 aromatic carbocycles. The van der Waals surface area contributed by atoms with Crippen LogP contribution in [0.4, 0.5) is 4.79 Å². The molecule has 5 aliphatic rings. The summed E-state index contributed by atoms with van der Waals surface area (Å²) in [7, 11) is 0. The number of nitrogens with zero attached hydrogens (tertiary/aromatic N) is 1. The summed E-state index contributed by atoms with van der Waals surface area (Å²) in [5.41, 5.74) is 3.92. The summed E-state index contributed by atoms with van der Waals surface area (Å²) in [6.07, 6.45) is 9.87. The van der Waals surface area contributed by atoms with Crippen LogP contribution in [0.2, 0.25) is 0 Å². The van der Waals surface area contributed by atoms with E-state index in [1.54, 1.807) is 11.8 Å². The third-order valence-electron chi connectivity index (χ3n) is 11.3. The van der Waals surface area contributed by atoms with E-state index in [0.717, 1.165) is 64.2 Å². The van der Waals surface area contributed by atoms with Gasteiger partial charge in [-0.1, -0.05) is 71.8 Å². The molecule has 0 radical (unpaired) electrons. The summed E-state index contributed by atoms with van der Waals surface area (Å²) in [4.78, 5) is 81.3. The number of carbonyl (C=O) groups excluding carboxylic acids is 6. The molecule has 5 rings (SSSR count). The van der Waals surface area contributed by atoms with Crippen LogP contribution in [-0.4, -0.2) is 70.6 Å². The van der Waals surface area contributed by atoms with Gasteiger partial charge < -0.3 is 31.3 Å². The van der Waals surface area contributed by atoms with Gasteiger partial charge in [-0.05, 0) is 68.1 Å². The van der Waals surface area contributed by atoms with Crippen molar-refractivity contribution in [3.63, 3.8) is 0 Å². The zero-order chi connectivity index (χ0) is 33.4. The van der Waals surface area contributed by atoms with E-state index in [9.17, 15) is 28.8 Å². The highest BCUT2D eigenvalue weighted by Crippen LogP contribution is 2.65. The van der Waals surface area contributed by atoms with Crippen molar-refractivity contribution < 1.29 is 33.5 Å². The number of likely N-dealkylation sites (tertiary alicyclic amines) is 1. The van der Waals surface area contributed by atoms with Gasteiger partial charge in [0, 0.05) is 6.54 Å². The van der Waals surface area contributed by atoms with Crippen LogP contribution in [0.5, 0.6) is 0 Å². The van der Waals surface area contributed by atoms with Crippen LogP contribution in [0.3, 0.4) is 0 Å². The standard InChI is InChI=1S/C34H51N5O7/c1-19(2)46-31(44)34(15-9-6-10-16-34)38-32(45)37-25(21-11-7-5-8-12-21)30(43)39-18-22-24(33(22,3)4)26(39)29(42)36-23(17-20-13-14-20)27(40)28(35)41/h20-26H,1,5-18H2,2-4H3,(H2,35,41)(H,36,42)(H2,37,38,45)/t22-,23?,24-,25-,26-/m0/s1. The van der Waals surface area contributed by atoms with E-state index < -0.39 is 53.3 Å². The normalized spacial score (nSPS) is 27.7. The monoisotopic (exact) mass is 641 g/mol. The van der Waals surface area contributed by atoms with Crippen molar-refractivity contribution in [1.29, 1.82) is 0 Å². The second-order valence-electron chi connectivity index (χ2n) is 15.1. The predicted octanol–water partition coefficient (Wildman–Crippen LogP) is 2.84. The molecule has 0 aromatic rings. The molecule has 5 atom stereocenters. The molecule has 1 heterocycles. The van der Waals surface area contributed by atoms with E-state index in [0.29, 0.717) is 25.8 Å². The molecule has 5 N–H and O–H groups in total. The third kappa shape index (κ3) is 7.10. The number of piperidine rings is 1. The summed E-state index contributed by atoms with van der Waals surface area (Å²) >= 11 is 0. The number of hydrogen-bond donors (Lipinski definition) is 4. The van der Waals surface area contributed by atoms with Crippen molar-refractivity contribution in [2.24, 2.45) is 34.8 Å². The molecule has 5 amide bonds. The molecular weight excluding hydrogens is 590 g/mol. The number of ether oxygens (including phenoxy) is 1. The molecular formula is C34H51N5O7. The van der Waals surface area contributed by atoms with Gasteiger partial charge >= 0.3 is 12.0 Å². The number of esters is 1. The Morgan fingerprint density at radius 1 is 0.935 bits per heavy atom. The van der Waals surface area contributed by atoms with E-state index in [1.807, 2.05) is 0 Å². The number of carbonyl (C=O) groups is 6. The van der Waals surface area contributed by atoms with Crippen molar-refractivity contribution >= 4 is 35.5 Å². The van der Waals surface area contributed by atoms with Crippen molar-refractivity contribution in [2.45, 2.75) is 128 Å². The first-order valence-corrected chi connectivity index (χ1v) is 17.2. The van der Waals surface area contributed by atoms with E-state index in [4.69, 9.17) is 10.5 Å². The van der Waals surface area contributed by atoms with Crippen molar-refractivity contribution in [3.05, 3.63) is 12.3 Å². The van der Waals surface area contributed by atoms with Gasteiger partial charge in [-0.3, -0.25) is 19.2 Å². The fourth-order valence-corrected chi connectivity index (χ4v) is 8.37. The second-order valence-corrected chi connectivity index (χ2v) is 15.1. The van der Waals surface area contributed by atoms with Crippen LogP contribution < -0.4 is 21.7 Å². The van der Waals surface area contributed by atoms with Gasteiger partial charge in [0.15, 0.2) is 0 Å². The third-order valence-corrected chi connectivity index (χ3v) is 11.3. The molecule has 1 aliphatic heterocycles. The summed E-state index contributed by atoms with van der Waals surface area (Å²) in [6.45, 7) is 9.75. The Labute approximate surface area is 271 Å². The largest absolute Gasteiger partial charge is 0.430 e. The van der Waals surface area contributed by atoms with Crippen LogP contribution in [0.1, 0.15) is 104 Å². The Kier molecular flexibility index (Phi) is 9.84. The van der Waals surface area contributed by atoms with Crippen molar-refractivity contribution in [2.75, 3.05) is 6.54 Å². The quantitative estimate of drug-likeness (QED) is 0.144. The molecule has 0 bridgehead atoms. The minimum Gasteiger partial charge on any atom is -0.430 e. The lowest BCUT2D eigenvalue weighted by molar-refractivity contribution is -0.148. The molecule has 12 heteroatoms. The molecule has 0 spiro atoms. The average Bonchev–Trinajstić information content (AvgIpc) is 3.86. The summed E-state index contributed by atoms with van der Waals surface area (Å²) in [5.74, 6) is -2.97. The number of nitrogens with one attached hydrogen (secondary N) is 3. The van der Waals surface area contributed by atoms with E-state index in [2.05, 4.69) is 36.4 Å². The Hall–Kier alpha value is -3.44. The number of nitrogens with two attached hydrogens (primary N) is 1. The lowest BCUT2D eigenvalue weighted by Crippen LogP contribution is -2.63. The van der Waals surface area contributed by atoms with E-state index in [-0.39, 0.29) is 40.8 Å². The van der Waals surface area contributed by atoms with Crippen LogP contribution in [0.15, 0.2) is 12.3 Å². The molecule has 46 heavy (non-hydrogen) atoms. The SMILES string of the molecule is C=C(C)OC(=O)C1(NC(=O)N[C@H](C(=O)N2C[C@H]3[C@@H]([C@H]2C(=O)NC(CC2CC2)C(=O)C(N)=O)C3(C)C)C2CCCCC2)CCCCC1. The number of fused-ring (bicyclic) bond motifs is 1. The Balaban J connectivity index is 1.36. The molecule has 4 saturated carbocycles. The highest BCUT2D eigenvalue weighted by atomic mass is 16.5. The molecule has 0 aromatic heterocycles. The Morgan fingerprint density at radius 2 is 1.57 bits per heavy atom. The number of urea groups is 1. The molecule has 5 fully saturated rings. The maximum Gasteiger partial charge on any atom is 0.336 e. The number of hydrogen-bond acceptors (Lipinski definition) is 7. The minimum absolute atomic E-state index is 0.0872. The molecule has 1 saturated heterocycles. The molecule has 254 valence electrons. The van der Waals surface area contributed by atoms with Crippen molar-refractivity contribution in [3.8, 4) is 0 Å². The van der Waals surface area contributed by atoms with Gasteiger partial charge in [0.25, 0.3) is 5.91 Å². The maximum absolute atomic E-state index is 14.5. The van der Waals surface area contributed by atoms with Gasteiger partial charge in [0.2, 0.25) is 17.6 Å². The number of rotatable bonds is 12. The molecule has 1 unspecified atom stereocenters. The smallest absolute Gasteiger partial charge is 0.336 e. The fraction of sp³-hybridized carbons (Fsp3) is 0.765. The number of allylic oxidation sites excluding steroid dienone is 1. The number of primary amides is 1. The fourth-order valence-electron chi connectivity index (χ4n) is 8.37. The molecule has 12 nitrogen and oxygen atoms in total. The Morgan fingerprint density at radius 3 is 2.15 bits per heavy atom. The molecule has 4 aliphatic carbocycles. The number of amides is 5. The number of ketones is 1. The zero-order valence-corrected chi connectivity index (χ0v) is 27.5. The highest BCUT2D eigenvalue weighted by molar-refractivity contribution is 6.37. The lowest BCUT2D eigenvalue weighted by atomic mass is 9.81. The van der Waals surface area contributed by atoms with E-state index >= 15 is 0 Å². The number of Topliss-reactive ketones (excluding diaryl/α,β-unsaturated/α-hetero) is 1. The van der Waals surface area contributed by atoms with Gasteiger partial charge in [-0.15, -0.1) is 0 Å². The first kappa shape index (κ1) is 33.9. The van der Waals surface area contributed by atoms with Crippen LogP contribution in [0.25, 0.3) is 0 Å². The minimum atomic E-state index is -1.22. The zero-order valence-electron chi connectivity index (χ0n) is 27.5. The Bertz CT molecular complexity index is 1260. The topological polar surface area (TPSA) is 177 Å². The van der Waals surface area contributed by atoms with E-state index in [1.165, 1.54) is 0 Å². The lowest BCUT2D eigenvalue weighted by Gasteiger charge is -2.39. The van der Waals surface area contributed by atoms with Gasteiger partial charge in [0.1, 0.15) is 17.6 Å². The van der Waals surface area contributed by atoms with Crippen LogP contribution in [0, 0.1) is 29.1 Å². The summed E-state index contributed by atoms with van der Waals surface area (Å²) in [6, 6.07) is -3.39. The first-order chi connectivity index (χ1) is 21.7. The summed E-state index contributed by atoms with van der Waals surface area (Å²) < 4.78 is 5.36. The maximum atomic E-state index is 14.5.